The lowest BCUT2D eigenvalue weighted by Crippen LogP contribution is -2.26. The van der Waals surface area contributed by atoms with Crippen LogP contribution in [0.3, 0.4) is 0 Å². The molecule has 5 rings (SSSR count). The highest BCUT2D eigenvalue weighted by molar-refractivity contribution is 6.00. The average molecular weight is 557 g/mol. The van der Waals surface area contributed by atoms with Gasteiger partial charge >= 0.3 is 12.1 Å². The van der Waals surface area contributed by atoms with Gasteiger partial charge in [0.25, 0.3) is 0 Å². The molecule has 0 aliphatic carbocycles. The first kappa shape index (κ1) is 27.6. The number of anilines is 1. The Morgan fingerprint density at radius 2 is 1.78 bits per heavy atom. The summed E-state index contributed by atoms with van der Waals surface area (Å²) in [5.74, 6) is 0.509. The molecule has 0 aliphatic heterocycles. The normalized spacial score (nSPS) is 11.6. The summed E-state index contributed by atoms with van der Waals surface area (Å²) < 4.78 is 19.2. The van der Waals surface area contributed by atoms with Crippen LogP contribution >= 0.6 is 0 Å². The van der Waals surface area contributed by atoms with Crippen LogP contribution in [0, 0.1) is 0 Å². The zero-order valence-corrected chi connectivity index (χ0v) is 23.9. The van der Waals surface area contributed by atoms with Gasteiger partial charge < -0.3 is 19.1 Å². The molecule has 0 unspecified atom stereocenters. The quantitative estimate of drug-likeness (QED) is 0.245. The van der Waals surface area contributed by atoms with Gasteiger partial charge in [-0.05, 0) is 39.3 Å². The van der Waals surface area contributed by atoms with E-state index in [2.05, 4.69) is 10.1 Å². The van der Waals surface area contributed by atoms with Crippen LogP contribution in [0.1, 0.15) is 43.6 Å². The molecule has 41 heavy (non-hydrogen) atoms. The van der Waals surface area contributed by atoms with Gasteiger partial charge in [0, 0.05) is 42.9 Å². The second-order valence-corrected chi connectivity index (χ2v) is 10.5. The lowest BCUT2D eigenvalue weighted by atomic mass is 10.1. The topological polar surface area (TPSA) is 113 Å². The zero-order chi connectivity index (χ0) is 29.3. The van der Waals surface area contributed by atoms with E-state index in [1.54, 1.807) is 44.5 Å². The van der Waals surface area contributed by atoms with Gasteiger partial charge in [-0.15, -0.1) is 0 Å². The Bertz CT molecular complexity index is 1740. The first-order valence-corrected chi connectivity index (χ1v) is 13.2. The van der Waals surface area contributed by atoms with Gasteiger partial charge in [-0.2, -0.15) is 14.6 Å². The molecule has 0 spiro atoms. The zero-order valence-electron chi connectivity index (χ0n) is 23.9. The maximum absolute atomic E-state index is 13.2. The fourth-order valence-electron chi connectivity index (χ4n) is 4.50. The Morgan fingerprint density at radius 1 is 1.02 bits per heavy atom. The fraction of sp³-hybridized carbons (Fsp3) is 0.300. The van der Waals surface area contributed by atoms with Crippen LogP contribution < -0.4 is 9.64 Å². The highest BCUT2D eigenvalue weighted by Gasteiger charge is 2.25. The standard InChI is InChI=1S/C30H32N6O5/c1-7-40-28(37)21-16-31-36-25(34(5)17-19-11-9-8-10-12-19)15-23(32-27(21)36)22-18-35(29(38)41-30(2,3)4)26-20(22)13-14-24(33-26)39-6/h8-16,18H,7,17H2,1-6H3. The minimum Gasteiger partial charge on any atom is -0.481 e. The van der Waals surface area contributed by atoms with Crippen LogP contribution in [0.25, 0.3) is 27.9 Å². The summed E-state index contributed by atoms with van der Waals surface area (Å²) in [6.45, 7) is 7.93. The number of pyridine rings is 1. The molecule has 212 valence electrons. The molecule has 0 bridgehead atoms. The lowest BCUT2D eigenvalue weighted by Gasteiger charge is -2.21. The molecule has 11 nitrogen and oxygen atoms in total. The largest absolute Gasteiger partial charge is 0.481 e. The third-order valence-electron chi connectivity index (χ3n) is 6.30. The number of carbonyl (C=O) groups is 2. The van der Waals surface area contributed by atoms with Crippen molar-refractivity contribution in [3.63, 3.8) is 0 Å². The molecule has 0 aliphatic rings. The van der Waals surface area contributed by atoms with Gasteiger partial charge in [-0.25, -0.2) is 19.1 Å². The Labute approximate surface area is 237 Å². The van der Waals surface area contributed by atoms with Crippen LogP contribution in [-0.4, -0.2) is 62.6 Å². The second kappa shape index (κ2) is 10.9. The van der Waals surface area contributed by atoms with Crippen LogP contribution in [-0.2, 0) is 16.0 Å². The molecule has 4 heterocycles. The first-order valence-electron chi connectivity index (χ1n) is 13.2. The maximum atomic E-state index is 13.2. The number of rotatable bonds is 7. The number of ether oxygens (including phenoxy) is 3. The molecule has 0 amide bonds. The van der Waals surface area contributed by atoms with Gasteiger partial charge in [0.05, 0.1) is 25.6 Å². The van der Waals surface area contributed by atoms with E-state index in [1.165, 1.54) is 17.9 Å². The third kappa shape index (κ3) is 5.56. The first-order chi connectivity index (χ1) is 19.6. The summed E-state index contributed by atoms with van der Waals surface area (Å²) >= 11 is 0. The van der Waals surface area contributed by atoms with Gasteiger partial charge in [0.15, 0.2) is 11.3 Å². The van der Waals surface area contributed by atoms with Crippen molar-refractivity contribution in [2.45, 2.75) is 39.8 Å². The minimum absolute atomic E-state index is 0.216. The summed E-state index contributed by atoms with van der Waals surface area (Å²) in [5, 5.41) is 5.14. The lowest BCUT2D eigenvalue weighted by molar-refractivity contribution is 0.0523. The number of nitrogens with zero attached hydrogens (tertiary/aromatic N) is 6. The van der Waals surface area contributed by atoms with Crippen molar-refractivity contribution in [3.05, 3.63) is 72.1 Å². The Hall–Kier alpha value is -4.93. The summed E-state index contributed by atoms with van der Waals surface area (Å²) in [6, 6.07) is 15.4. The SMILES string of the molecule is CCOC(=O)c1cnn2c(N(C)Cc3ccccc3)cc(-c3cn(C(=O)OC(C)(C)C)c4nc(OC)ccc34)nc12. The average Bonchev–Trinajstić information content (AvgIpc) is 3.54. The van der Waals surface area contributed by atoms with Crippen molar-refractivity contribution in [3.8, 4) is 17.1 Å². The molecular weight excluding hydrogens is 524 g/mol. The van der Waals surface area contributed by atoms with Crippen molar-refractivity contribution in [2.75, 3.05) is 25.7 Å². The summed E-state index contributed by atoms with van der Waals surface area (Å²) in [6.07, 6.45) is 2.51. The number of hydrogen-bond donors (Lipinski definition) is 0. The Morgan fingerprint density at radius 3 is 2.46 bits per heavy atom. The number of benzene rings is 1. The summed E-state index contributed by atoms with van der Waals surface area (Å²) in [4.78, 5) is 37.5. The van der Waals surface area contributed by atoms with Crippen molar-refractivity contribution >= 4 is 34.6 Å². The van der Waals surface area contributed by atoms with Crippen molar-refractivity contribution < 1.29 is 23.8 Å². The van der Waals surface area contributed by atoms with E-state index in [9.17, 15) is 9.59 Å². The fourth-order valence-corrected chi connectivity index (χ4v) is 4.50. The van der Waals surface area contributed by atoms with Gasteiger partial charge in [0.2, 0.25) is 5.88 Å². The predicted octanol–water partition coefficient (Wildman–Crippen LogP) is 5.35. The van der Waals surface area contributed by atoms with Crippen LogP contribution in [0.2, 0.25) is 0 Å². The number of methoxy groups -OCH3 is 1. The van der Waals surface area contributed by atoms with Crippen LogP contribution in [0.15, 0.2) is 60.9 Å². The molecular formula is C30H32N6O5. The molecule has 0 fully saturated rings. The molecule has 11 heteroatoms. The molecule has 0 atom stereocenters. The highest BCUT2D eigenvalue weighted by Crippen LogP contribution is 2.34. The van der Waals surface area contributed by atoms with Gasteiger partial charge in [-0.1, -0.05) is 30.3 Å². The molecule has 1 aromatic carbocycles. The molecule has 0 saturated heterocycles. The maximum Gasteiger partial charge on any atom is 0.420 e. The smallest absolute Gasteiger partial charge is 0.420 e. The van der Waals surface area contributed by atoms with E-state index < -0.39 is 17.7 Å². The minimum atomic E-state index is -0.719. The monoisotopic (exact) mass is 556 g/mol. The summed E-state index contributed by atoms with van der Waals surface area (Å²) in [5.41, 5.74) is 2.43. The van der Waals surface area contributed by atoms with Crippen molar-refractivity contribution in [1.29, 1.82) is 0 Å². The van der Waals surface area contributed by atoms with Crippen molar-refractivity contribution in [1.82, 2.24) is 24.1 Å². The van der Waals surface area contributed by atoms with Crippen molar-refractivity contribution in [2.24, 2.45) is 0 Å². The van der Waals surface area contributed by atoms with E-state index in [0.717, 1.165) is 5.56 Å². The molecule has 0 N–H and O–H groups in total. The number of fused-ring (bicyclic) bond motifs is 2. The van der Waals surface area contributed by atoms with E-state index in [1.807, 2.05) is 54.4 Å². The summed E-state index contributed by atoms with van der Waals surface area (Å²) in [7, 11) is 3.45. The molecule has 4 aromatic heterocycles. The van der Waals surface area contributed by atoms with E-state index >= 15 is 0 Å². The number of esters is 1. The molecule has 0 radical (unpaired) electrons. The van der Waals surface area contributed by atoms with Crippen LogP contribution in [0.4, 0.5) is 10.6 Å². The second-order valence-electron chi connectivity index (χ2n) is 10.5. The van der Waals surface area contributed by atoms with Gasteiger partial charge in [-0.3, -0.25) is 0 Å². The van der Waals surface area contributed by atoms with Crippen LogP contribution in [0.5, 0.6) is 5.88 Å². The van der Waals surface area contributed by atoms with Gasteiger partial charge in [0.1, 0.15) is 17.0 Å². The Balaban J connectivity index is 1.72. The highest BCUT2D eigenvalue weighted by atomic mass is 16.6. The number of hydrogen-bond acceptors (Lipinski definition) is 9. The predicted molar refractivity (Wildman–Crippen MR) is 154 cm³/mol. The van der Waals surface area contributed by atoms with E-state index in [4.69, 9.17) is 19.2 Å². The number of carbonyl (C=O) groups excluding carboxylic acids is 2. The van der Waals surface area contributed by atoms with E-state index in [-0.39, 0.29) is 12.2 Å². The molecule has 5 aromatic rings. The van der Waals surface area contributed by atoms with E-state index in [0.29, 0.717) is 46.2 Å². The molecule has 0 saturated carbocycles. The number of aromatic nitrogens is 5. The Kier molecular flexibility index (Phi) is 7.36. The third-order valence-corrected chi connectivity index (χ3v) is 6.30.